The molecule has 3 rings (SSSR count). The van der Waals surface area contributed by atoms with Gasteiger partial charge < -0.3 is 4.42 Å². The molecular formula is C15H15N5O2S. The summed E-state index contributed by atoms with van der Waals surface area (Å²) in [5.41, 5.74) is 2.08. The van der Waals surface area contributed by atoms with E-state index in [9.17, 15) is 4.79 Å². The summed E-state index contributed by atoms with van der Waals surface area (Å²) in [5.74, 6) is 0.0125. The number of thioether (sulfide) groups is 1. The number of hydrogen-bond acceptors (Lipinski definition) is 6. The fourth-order valence-corrected chi connectivity index (χ4v) is 2.58. The third-order valence-electron chi connectivity index (χ3n) is 3.20. The fourth-order valence-electron chi connectivity index (χ4n) is 2.12. The molecule has 1 N–H and O–H groups in total. The van der Waals surface area contributed by atoms with Gasteiger partial charge >= 0.3 is 6.01 Å². The van der Waals surface area contributed by atoms with Crippen LogP contribution in [0, 0.1) is 6.92 Å². The third-order valence-corrected chi connectivity index (χ3v) is 3.92. The van der Waals surface area contributed by atoms with Gasteiger partial charge in [-0.3, -0.25) is 14.8 Å². The van der Waals surface area contributed by atoms with E-state index < -0.39 is 0 Å². The van der Waals surface area contributed by atoms with E-state index in [-0.39, 0.29) is 11.9 Å². The molecule has 3 aromatic rings. The van der Waals surface area contributed by atoms with Crippen LogP contribution in [0.4, 0.5) is 6.01 Å². The van der Waals surface area contributed by atoms with Crippen molar-refractivity contribution in [1.82, 2.24) is 20.0 Å². The quantitative estimate of drug-likeness (QED) is 0.741. The van der Waals surface area contributed by atoms with Gasteiger partial charge in [0.2, 0.25) is 0 Å². The second-order valence-corrected chi connectivity index (χ2v) is 5.77. The molecule has 0 bridgehead atoms. The van der Waals surface area contributed by atoms with Crippen LogP contribution in [0.2, 0.25) is 0 Å². The second-order valence-electron chi connectivity index (χ2n) is 4.89. The monoisotopic (exact) mass is 329 g/mol. The second kappa shape index (κ2) is 6.25. The maximum atomic E-state index is 12.2. The van der Waals surface area contributed by atoms with Crippen LogP contribution in [0.1, 0.15) is 16.1 Å². The van der Waals surface area contributed by atoms with Gasteiger partial charge in [0.05, 0.1) is 5.69 Å². The van der Waals surface area contributed by atoms with Crippen molar-refractivity contribution in [2.45, 2.75) is 11.8 Å². The third kappa shape index (κ3) is 3.26. The molecule has 0 radical (unpaired) electrons. The van der Waals surface area contributed by atoms with Crippen molar-refractivity contribution in [3.63, 3.8) is 0 Å². The molecule has 0 aliphatic heterocycles. The van der Waals surface area contributed by atoms with Crippen LogP contribution in [-0.4, -0.2) is 32.1 Å². The van der Waals surface area contributed by atoms with Crippen molar-refractivity contribution < 1.29 is 9.21 Å². The molecule has 2 aromatic heterocycles. The summed E-state index contributed by atoms with van der Waals surface area (Å²) in [6.07, 6.45) is 1.96. The average Bonchev–Trinajstić information content (AvgIpc) is 3.13. The van der Waals surface area contributed by atoms with Gasteiger partial charge in [-0.25, -0.2) is 0 Å². The summed E-state index contributed by atoms with van der Waals surface area (Å²) in [5, 5.41) is 14.6. The Morgan fingerprint density at radius 3 is 2.83 bits per heavy atom. The molecule has 1 amide bonds. The van der Waals surface area contributed by atoms with Gasteiger partial charge in [-0.1, -0.05) is 11.2 Å². The average molecular weight is 329 g/mol. The fraction of sp³-hybridized carbons (Fsp3) is 0.200. The maximum Gasteiger partial charge on any atom is 0.322 e. The van der Waals surface area contributed by atoms with E-state index in [4.69, 9.17) is 4.42 Å². The zero-order valence-electron chi connectivity index (χ0n) is 12.9. The van der Waals surface area contributed by atoms with E-state index in [1.54, 1.807) is 29.6 Å². The first-order valence-corrected chi connectivity index (χ1v) is 8.09. The topological polar surface area (TPSA) is 85.8 Å². The van der Waals surface area contributed by atoms with Crippen LogP contribution in [0.3, 0.4) is 0 Å². The number of rotatable bonds is 4. The van der Waals surface area contributed by atoms with E-state index in [2.05, 4.69) is 20.6 Å². The lowest BCUT2D eigenvalue weighted by molar-refractivity contribution is 0.102. The van der Waals surface area contributed by atoms with Gasteiger partial charge in [0.15, 0.2) is 0 Å². The Hall–Kier alpha value is -2.61. The van der Waals surface area contributed by atoms with Crippen molar-refractivity contribution in [3.05, 3.63) is 41.6 Å². The molecule has 0 saturated carbocycles. The lowest BCUT2D eigenvalue weighted by Crippen LogP contribution is -2.12. The van der Waals surface area contributed by atoms with Crippen LogP contribution in [0.15, 0.2) is 39.6 Å². The summed E-state index contributed by atoms with van der Waals surface area (Å²) in [6, 6.07) is 9.20. The number of carbonyl (C=O) groups is 1. The highest BCUT2D eigenvalue weighted by atomic mass is 32.2. The Kier molecular flexibility index (Phi) is 4.16. The van der Waals surface area contributed by atoms with Gasteiger partial charge in [0.25, 0.3) is 11.8 Å². The smallest absolute Gasteiger partial charge is 0.322 e. The normalized spacial score (nSPS) is 10.7. The van der Waals surface area contributed by atoms with Gasteiger partial charge in [0.1, 0.15) is 5.69 Å². The van der Waals surface area contributed by atoms with Crippen molar-refractivity contribution >= 4 is 23.7 Å². The molecule has 0 unspecified atom stereocenters. The summed E-state index contributed by atoms with van der Waals surface area (Å²) < 4.78 is 7.14. The minimum Gasteiger partial charge on any atom is -0.401 e. The van der Waals surface area contributed by atoms with Crippen molar-refractivity contribution in [3.8, 4) is 11.6 Å². The highest BCUT2D eigenvalue weighted by Crippen LogP contribution is 2.21. The Morgan fingerprint density at radius 2 is 2.13 bits per heavy atom. The molecular weight excluding hydrogens is 314 g/mol. The molecule has 8 heteroatoms. The van der Waals surface area contributed by atoms with Crippen molar-refractivity contribution in [2.24, 2.45) is 7.05 Å². The molecule has 0 spiro atoms. The predicted octanol–water partition coefficient (Wildman–Crippen LogP) is 2.75. The zero-order chi connectivity index (χ0) is 16.4. The Bertz CT molecular complexity index is 855. The molecule has 2 heterocycles. The summed E-state index contributed by atoms with van der Waals surface area (Å²) in [6.45, 7) is 1.88. The minimum atomic E-state index is -0.294. The number of anilines is 1. The Balaban J connectivity index is 1.78. The largest absolute Gasteiger partial charge is 0.401 e. The van der Waals surface area contributed by atoms with E-state index in [0.29, 0.717) is 17.1 Å². The first kappa shape index (κ1) is 15.3. The van der Waals surface area contributed by atoms with Gasteiger partial charge in [-0.2, -0.15) is 5.10 Å². The molecule has 118 valence electrons. The lowest BCUT2D eigenvalue weighted by atomic mass is 10.2. The Morgan fingerprint density at radius 1 is 1.30 bits per heavy atom. The standard InChI is InChI=1S/C15H15N5O2S/c1-9-7-12(20(2)19-9)14-17-18-15(22-14)16-13(21)10-5-4-6-11(8-10)23-3/h4-8H,1-3H3,(H,16,18,21). The zero-order valence-corrected chi connectivity index (χ0v) is 13.7. The molecule has 7 nitrogen and oxygen atoms in total. The number of aromatic nitrogens is 4. The van der Waals surface area contributed by atoms with Crippen molar-refractivity contribution in [2.75, 3.05) is 11.6 Å². The van der Waals surface area contributed by atoms with Gasteiger partial charge in [0, 0.05) is 17.5 Å². The highest BCUT2D eigenvalue weighted by Gasteiger charge is 2.15. The minimum absolute atomic E-state index is 0.0541. The van der Waals surface area contributed by atoms with Crippen LogP contribution in [0.25, 0.3) is 11.6 Å². The summed E-state index contributed by atoms with van der Waals surface area (Å²) in [4.78, 5) is 13.2. The van der Waals surface area contributed by atoms with Crippen LogP contribution < -0.4 is 5.32 Å². The summed E-state index contributed by atoms with van der Waals surface area (Å²) in [7, 11) is 1.79. The first-order valence-electron chi connectivity index (χ1n) is 6.87. The van der Waals surface area contributed by atoms with E-state index in [0.717, 1.165) is 10.6 Å². The SMILES string of the molecule is CSc1cccc(C(=O)Nc2nnc(-c3cc(C)nn3C)o2)c1. The molecule has 0 aliphatic rings. The number of carbonyl (C=O) groups excluding carboxylic acids is 1. The molecule has 1 aromatic carbocycles. The molecule has 0 saturated heterocycles. The molecule has 0 fully saturated rings. The van der Waals surface area contributed by atoms with Crippen LogP contribution >= 0.6 is 11.8 Å². The van der Waals surface area contributed by atoms with E-state index in [1.165, 1.54) is 0 Å². The van der Waals surface area contributed by atoms with Crippen LogP contribution in [0.5, 0.6) is 0 Å². The number of nitrogens with zero attached hydrogens (tertiary/aromatic N) is 4. The number of amides is 1. The number of benzene rings is 1. The highest BCUT2D eigenvalue weighted by molar-refractivity contribution is 7.98. The first-order chi connectivity index (χ1) is 11.1. The van der Waals surface area contributed by atoms with E-state index in [1.807, 2.05) is 37.4 Å². The number of nitrogens with one attached hydrogen (secondary N) is 1. The molecule has 23 heavy (non-hydrogen) atoms. The van der Waals surface area contributed by atoms with Crippen molar-refractivity contribution in [1.29, 1.82) is 0 Å². The number of aryl methyl sites for hydroxylation is 2. The lowest BCUT2D eigenvalue weighted by Gasteiger charge is -2.02. The van der Waals surface area contributed by atoms with E-state index >= 15 is 0 Å². The molecule has 0 atom stereocenters. The summed E-state index contributed by atoms with van der Waals surface area (Å²) >= 11 is 1.57. The van der Waals surface area contributed by atoms with Gasteiger partial charge in [-0.05, 0) is 37.4 Å². The van der Waals surface area contributed by atoms with Gasteiger partial charge in [-0.15, -0.1) is 16.9 Å². The molecule has 0 aliphatic carbocycles. The Labute approximate surface area is 137 Å². The predicted molar refractivity (Wildman–Crippen MR) is 87.4 cm³/mol. The van der Waals surface area contributed by atoms with Crippen LogP contribution in [-0.2, 0) is 7.05 Å². The maximum absolute atomic E-state index is 12.2. The number of hydrogen-bond donors (Lipinski definition) is 1.